The third kappa shape index (κ3) is 3.30. The van der Waals surface area contributed by atoms with Gasteiger partial charge >= 0.3 is 0 Å². The molecule has 0 atom stereocenters. The van der Waals surface area contributed by atoms with Gasteiger partial charge in [0.1, 0.15) is 5.02 Å². The van der Waals surface area contributed by atoms with E-state index in [4.69, 9.17) is 11.6 Å². The molecule has 3 aromatic carbocycles. The lowest BCUT2D eigenvalue weighted by molar-refractivity contribution is -0.384. The molecule has 0 aliphatic carbocycles. The third-order valence-electron chi connectivity index (χ3n) is 4.16. The largest absolute Gasteiger partial charge is 0.288 e. The molecule has 1 aromatic heterocycles. The Morgan fingerprint density at radius 2 is 1.70 bits per heavy atom. The highest BCUT2D eigenvalue weighted by Crippen LogP contribution is 2.29. The first kappa shape index (κ1) is 16.9. The van der Waals surface area contributed by atoms with Crippen molar-refractivity contribution >= 4 is 51.0 Å². The van der Waals surface area contributed by atoms with Crippen LogP contribution in [0.25, 0.3) is 21.7 Å². The number of aromatic nitrogens is 1. The van der Waals surface area contributed by atoms with Gasteiger partial charge in [-0.3, -0.25) is 15.5 Å². The molecule has 1 heterocycles. The van der Waals surface area contributed by atoms with Gasteiger partial charge in [-0.2, -0.15) is 5.10 Å². The van der Waals surface area contributed by atoms with Crippen LogP contribution in [0, 0.1) is 10.1 Å². The monoisotopic (exact) mass is 376 g/mol. The summed E-state index contributed by atoms with van der Waals surface area (Å²) in [7, 11) is 0. The van der Waals surface area contributed by atoms with Crippen molar-refractivity contribution < 1.29 is 4.92 Å². The number of nitrogens with one attached hydrogen (secondary N) is 1. The lowest BCUT2D eigenvalue weighted by Gasteiger charge is -2.08. The Labute approximate surface area is 159 Å². The molecule has 0 radical (unpaired) electrons. The van der Waals surface area contributed by atoms with Gasteiger partial charge in [0, 0.05) is 22.4 Å². The molecule has 27 heavy (non-hydrogen) atoms. The SMILES string of the molecule is O=[N+]([O-])c1cc(/C=N/Nc2nc3ccccc3c3ccccc23)ccc1Cl. The molecule has 4 aromatic rings. The molecule has 0 spiro atoms. The molecule has 0 saturated carbocycles. The van der Waals surface area contributed by atoms with E-state index in [0.717, 1.165) is 21.7 Å². The number of halogens is 1. The topological polar surface area (TPSA) is 80.4 Å². The number of hydrogen-bond acceptors (Lipinski definition) is 5. The smallest absolute Gasteiger partial charge is 0.261 e. The number of nitrogens with zero attached hydrogens (tertiary/aromatic N) is 3. The average Bonchev–Trinajstić information content (AvgIpc) is 2.69. The number of hydrogen-bond donors (Lipinski definition) is 1. The van der Waals surface area contributed by atoms with Crippen LogP contribution in [0.5, 0.6) is 0 Å². The Kier molecular flexibility index (Phi) is 4.40. The summed E-state index contributed by atoms with van der Waals surface area (Å²) < 4.78 is 0. The van der Waals surface area contributed by atoms with Crippen LogP contribution < -0.4 is 5.43 Å². The number of fused-ring (bicyclic) bond motifs is 3. The van der Waals surface area contributed by atoms with Gasteiger partial charge in [0.25, 0.3) is 5.69 Å². The number of hydrazone groups is 1. The van der Waals surface area contributed by atoms with E-state index in [1.807, 2.05) is 48.5 Å². The minimum absolute atomic E-state index is 0.0901. The lowest BCUT2D eigenvalue weighted by Crippen LogP contribution is -1.97. The third-order valence-corrected chi connectivity index (χ3v) is 4.48. The molecular weight excluding hydrogens is 364 g/mol. The van der Waals surface area contributed by atoms with Crippen LogP contribution in [0.4, 0.5) is 11.5 Å². The second-order valence-corrected chi connectivity index (χ2v) is 6.27. The number of anilines is 1. The van der Waals surface area contributed by atoms with Crippen molar-refractivity contribution in [3.63, 3.8) is 0 Å². The summed E-state index contributed by atoms with van der Waals surface area (Å²) >= 11 is 5.83. The van der Waals surface area contributed by atoms with Crippen LogP contribution in [0.1, 0.15) is 5.56 Å². The number of nitro groups is 1. The molecule has 7 heteroatoms. The van der Waals surface area contributed by atoms with Crippen LogP contribution in [-0.2, 0) is 0 Å². The van der Waals surface area contributed by atoms with Crippen LogP contribution in [0.3, 0.4) is 0 Å². The van der Waals surface area contributed by atoms with Crippen LogP contribution in [-0.4, -0.2) is 16.1 Å². The van der Waals surface area contributed by atoms with E-state index in [2.05, 4.69) is 15.5 Å². The fraction of sp³-hybridized carbons (Fsp3) is 0. The van der Waals surface area contributed by atoms with Crippen molar-refractivity contribution in [1.29, 1.82) is 0 Å². The van der Waals surface area contributed by atoms with E-state index in [9.17, 15) is 10.1 Å². The first-order valence-electron chi connectivity index (χ1n) is 8.14. The Morgan fingerprint density at radius 3 is 2.48 bits per heavy atom. The second kappa shape index (κ2) is 7.01. The molecule has 0 bridgehead atoms. The van der Waals surface area contributed by atoms with E-state index in [1.54, 1.807) is 6.07 Å². The number of pyridine rings is 1. The predicted molar refractivity (Wildman–Crippen MR) is 109 cm³/mol. The van der Waals surface area contributed by atoms with Gasteiger partial charge in [0.15, 0.2) is 5.82 Å². The minimum atomic E-state index is -0.522. The zero-order valence-corrected chi connectivity index (χ0v) is 14.7. The van der Waals surface area contributed by atoms with Gasteiger partial charge in [-0.1, -0.05) is 60.1 Å². The quantitative estimate of drug-likeness (QED) is 0.224. The highest BCUT2D eigenvalue weighted by atomic mass is 35.5. The summed E-state index contributed by atoms with van der Waals surface area (Å²) in [6, 6.07) is 20.3. The average molecular weight is 377 g/mol. The fourth-order valence-corrected chi connectivity index (χ4v) is 3.09. The second-order valence-electron chi connectivity index (χ2n) is 5.86. The van der Waals surface area contributed by atoms with Crippen molar-refractivity contribution in [3.05, 3.63) is 87.4 Å². The summed E-state index contributed by atoms with van der Waals surface area (Å²) in [5.41, 5.74) is 4.21. The van der Waals surface area contributed by atoms with Gasteiger partial charge in [-0.15, -0.1) is 0 Å². The molecule has 0 aliphatic rings. The first-order chi connectivity index (χ1) is 13.1. The molecule has 0 fully saturated rings. The molecule has 0 saturated heterocycles. The van der Waals surface area contributed by atoms with E-state index >= 15 is 0 Å². The molecule has 132 valence electrons. The number of benzene rings is 3. The Bertz CT molecular complexity index is 1210. The van der Waals surface area contributed by atoms with Crippen molar-refractivity contribution in [2.75, 3.05) is 5.43 Å². The van der Waals surface area contributed by atoms with E-state index in [0.29, 0.717) is 11.4 Å². The van der Waals surface area contributed by atoms with Gasteiger partial charge in [0.05, 0.1) is 16.7 Å². The summed E-state index contributed by atoms with van der Waals surface area (Å²) in [5.74, 6) is 0.615. The summed E-state index contributed by atoms with van der Waals surface area (Å²) in [5, 5.41) is 18.4. The minimum Gasteiger partial charge on any atom is -0.261 e. The van der Waals surface area contributed by atoms with Crippen molar-refractivity contribution in [1.82, 2.24) is 4.98 Å². The van der Waals surface area contributed by atoms with Gasteiger partial charge < -0.3 is 0 Å². The predicted octanol–water partition coefficient (Wildman–Crippen LogP) is 5.40. The highest BCUT2D eigenvalue weighted by molar-refractivity contribution is 6.32. The normalized spacial score (nSPS) is 11.3. The zero-order valence-electron chi connectivity index (χ0n) is 14.0. The Hall–Kier alpha value is -3.51. The van der Waals surface area contributed by atoms with Crippen molar-refractivity contribution in [3.8, 4) is 0 Å². The van der Waals surface area contributed by atoms with E-state index in [-0.39, 0.29) is 10.7 Å². The van der Waals surface area contributed by atoms with Crippen molar-refractivity contribution in [2.45, 2.75) is 0 Å². The number of rotatable bonds is 4. The van der Waals surface area contributed by atoms with Gasteiger partial charge in [0.2, 0.25) is 0 Å². The van der Waals surface area contributed by atoms with Gasteiger partial charge in [-0.05, 0) is 17.5 Å². The molecule has 0 aliphatic heterocycles. The fourth-order valence-electron chi connectivity index (χ4n) is 2.91. The summed E-state index contributed by atoms with van der Waals surface area (Å²) in [4.78, 5) is 15.1. The van der Waals surface area contributed by atoms with Crippen LogP contribution in [0.2, 0.25) is 5.02 Å². The van der Waals surface area contributed by atoms with E-state index < -0.39 is 4.92 Å². The van der Waals surface area contributed by atoms with Crippen molar-refractivity contribution in [2.24, 2.45) is 5.10 Å². The maximum absolute atomic E-state index is 11.0. The zero-order chi connectivity index (χ0) is 18.8. The molecule has 6 nitrogen and oxygen atoms in total. The summed E-state index contributed by atoms with van der Waals surface area (Å²) in [6.07, 6.45) is 1.50. The summed E-state index contributed by atoms with van der Waals surface area (Å²) in [6.45, 7) is 0. The molecule has 0 unspecified atom stereocenters. The van der Waals surface area contributed by atoms with Crippen LogP contribution >= 0.6 is 11.6 Å². The molecule has 1 N–H and O–H groups in total. The number of para-hydroxylation sites is 1. The maximum atomic E-state index is 11.0. The highest BCUT2D eigenvalue weighted by Gasteiger charge is 2.12. The Morgan fingerprint density at radius 1 is 1.00 bits per heavy atom. The molecule has 4 rings (SSSR count). The molecule has 0 amide bonds. The van der Waals surface area contributed by atoms with Crippen LogP contribution in [0.15, 0.2) is 71.8 Å². The first-order valence-corrected chi connectivity index (χ1v) is 8.52. The number of nitro benzene ring substituents is 1. The standard InChI is InChI=1S/C20H13ClN4O2/c21-17-10-9-13(11-19(17)25(26)27)12-22-24-20-16-7-2-1-5-14(16)15-6-3-4-8-18(15)23-20/h1-12H,(H,23,24)/b22-12+. The lowest BCUT2D eigenvalue weighted by atomic mass is 10.1. The molecular formula is C20H13ClN4O2. The Balaban J connectivity index is 1.70. The maximum Gasteiger partial charge on any atom is 0.288 e. The van der Waals surface area contributed by atoms with Gasteiger partial charge in [-0.25, -0.2) is 4.98 Å². The van der Waals surface area contributed by atoms with E-state index in [1.165, 1.54) is 18.3 Å².